The maximum Gasteiger partial charge on any atom is 0.416 e. The third-order valence-electron chi connectivity index (χ3n) is 3.57. The van der Waals surface area contributed by atoms with Gasteiger partial charge >= 0.3 is 12.2 Å². The molecule has 1 aliphatic heterocycles. The summed E-state index contributed by atoms with van der Waals surface area (Å²) in [6.07, 6.45) is -4.62. The topological polar surface area (TPSA) is 58.6 Å². The Labute approximate surface area is 125 Å². The molecule has 8 heteroatoms. The molecule has 0 spiro atoms. The van der Waals surface area contributed by atoms with Crippen LogP contribution in [0.2, 0.25) is 0 Å². The van der Waals surface area contributed by atoms with E-state index in [2.05, 4.69) is 5.32 Å². The number of benzene rings is 1. The number of hydrogen-bond acceptors (Lipinski definition) is 3. The lowest BCUT2D eigenvalue weighted by Gasteiger charge is -2.25. The monoisotopic (exact) mass is 316 g/mol. The van der Waals surface area contributed by atoms with Crippen molar-refractivity contribution in [2.75, 3.05) is 20.3 Å². The molecule has 0 aliphatic carbocycles. The van der Waals surface area contributed by atoms with E-state index >= 15 is 0 Å². The molecule has 1 fully saturated rings. The highest BCUT2D eigenvalue weighted by Crippen LogP contribution is 2.39. The molecule has 1 aliphatic rings. The lowest BCUT2D eigenvalue weighted by Crippen LogP contribution is -2.42. The number of nitrogens with zero attached hydrogens (tertiary/aromatic N) is 1. The van der Waals surface area contributed by atoms with E-state index in [4.69, 9.17) is 4.74 Å². The zero-order chi connectivity index (χ0) is 16.5. The van der Waals surface area contributed by atoms with Gasteiger partial charge in [0.15, 0.2) is 0 Å². The number of rotatable bonds is 4. The first-order chi connectivity index (χ1) is 10.2. The van der Waals surface area contributed by atoms with E-state index < -0.39 is 29.2 Å². The van der Waals surface area contributed by atoms with Crippen molar-refractivity contribution in [1.29, 1.82) is 0 Å². The van der Waals surface area contributed by atoms with Crippen LogP contribution in [0.15, 0.2) is 24.3 Å². The first-order valence-electron chi connectivity index (χ1n) is 6.51. The summed E-state index contributed by atoms with van der Waals surface area (Å²) in [5.41, 5.74) is -2.97. The highest BCUT2D eigenvalue weighted by molar-refractivity contribution is 6.07. The summed E-state index contributed by atoms with van der Waals surface area (Å²) >= 11 is 0. The summed E-state index contributed by atoms with van der Waals surface area (Å²) in [6.45, 7) is 1.35. The minimum atomic E-state index is -4.62. The Morgan fingerprint density at radius 1 is 1.27 bits per heavy atom. The highest BCUT2D eigenvalue weighted by Gasteiger charge is 2.51. The molecule has 3 amide bonds. The second-order valence-electron chi connectivity index (χ2n) is 5.05. The predicted molar refractivity (Wildman–Crippen MR) is 70.9 cm³/mol. The van der Waals surface area contributed by atoms with E-state index in [0.29, 0.717) is 0 Å². The Kier molecular flexibility index (Phi) is 4.15. The number of methoxy groups -OCH3 is 1. The quantitative estimate of drug-likeness (QED) is 0.866. The van der Waals surface area contributed by atoms with Gasteiger partial charge < -0.3 is 10.1 Å². The van der Waals surface area contributed by atoms with Crippen molar-refractivity contribution in [1.82, 2.24) is 10.2 Å². The number of hydrogen-bond donors (Lipinski definition) is 1. The SMILES string of the molecule is COCCN1C(=O)N[C@](C)(c2ccccc2C(F)(F)F)C1=O. The number of urea groups is 1. The number of carbonyl (C=O) groups excluding carboxylic acids is 2. The fourth-order valence-corrected chi connectivity index (χ4v) is 2.43. The van der Waals surface area contributed by atoms with Crippen LogP contribution in [-0.4, -0.2) is 37.1 Å². The van der Waals surface area contributed by atoms with Crippen molar-refractivity contribution in [3.05, 3.63) is 35.4 Å². The van der Waals surface area contributed by atoms with E-state index in [1.54, 1.807) is 0 Å². The van der Waals surface area contributed by atoms with Crippen molar-refractivity contribution in [2.45, 2.75) is 18.6 Å². The minimum Gasteiger partial charge on any atom is -0.383 e. The van der Waals surface area contributed by atoms with Gasteiger partial charge in [-0.05, 0) is 18.6 Å². The molecular weight excluding hydrogens is 301 g/mol. The number of nitrogens with one attached hydrogen (secondary N) is 1. The summed E-state index contributed by atoms with van der Waals surface area (Å²) in [5.74, 6) is -0.730. The van der Waals surface area contributed by atoms with Crippen LogP contribution in [0, 0.1) is 0 Å². The van der Waals surface area contributed by atoms with Crippen molar-refractivity contribution in [3.63, 3.8) is 0 Å². The fraction of sp³-hybridized carbons (Fsp3) is 0.429. The Bertz CT molecular complexity index is 603. The van der Waals surface area contributed by atoms with E-state index in [1.807, 2.05) is 0 Å². The van der Waals surface area contributed by atoms with Crippen molar-refractivity contribution >= 4 is 11.9 Å². The predicted octanol–water partition coefficient (Wildman–Crippen LogP) is 2.12. The molecule has 0 radical (unpaired) electrons. The molecule has 0 aromatic heterocycles. The van der Waals surface area contributed by atoms with Gasteiger partial charge in [0.25, 0.3) is 5.91 Å². The van der Waals surface area contributed by atoms with E-state index in [1.165, 1.54) is 32.2 Å². The molecule has 1 heterocycles. The van der Waals surface area contributed by atoms with Crippen LogP contribution in [0.5, 0.6) is 0 Å². The van der Waals surface area contributed by atoms with Gasteiger partial charge in [-0.15, -0.1) is 0 Å². The summed E-state index contributed by atoms with van der Waals surface area (Å²) in [4.78, 5) is 25.2. The third-order valence-corrected chi connectivity index (χ3v) is 3.57. The van der Waals surface area contributed by atoms with Crippen molar-refractivity contribution < 1.29 is 27.5 Å². The average Bonchev–Trinajstić information content (AvgIpc) is 2.67. The molecule has 2 rings (SSSR count). The van der Waals surface area contributed by atoms with Crippen molar-refractivity contribution in [2.24, 2.45) is 0 Å². The minimum absolute atomic E-state index is 0.0229. The maximum absolute atomic E-state index is 13.1. The average molecular weight is 316 g/mol. The van der Waals surface area contributed by atoms with Crippen LogP contribution in [0.3, 0.4) is 0 Å². The lowest BCUT2D eigenvalue weighted by atomic mass is 9.88. The van der Waals surface area contributed by atoms with Crippen LogP contribution in [0.25, 0.3) is 0 Å². The second-order valence-corrected chi connectivity index (χ2v) is 5.05. The molecule has 1 N–H and O–H groups in total. The first-order valence-corrected chi connectivity index (χ1v) is 6.51. The largest absolute Gasteiger partial charge is 0.416 e. The number of ether oxygens (including phenoxy) is 1. The number of carbonyl (C=O) groups is 2. The van der Waals surface area contributed by atoms with Gasteiger partial charge in [-0.3, -0.25) is 9.69 Å². The standard InChI is InChI=1S/C14H15F3N2O3/c1-13(9-5-3-4-6-10(9)14(15,16)17)11(20)19(7-8-22-2)12(21)18-13/h3-6H,7-8H2,1-2H3,(H,18,21)/t13-/m1/s1. The van der Waals surface area contributed by atoms with Gasteiger partial charge in [0.2, 0.25) is 0 Å². The van der Waals surface area contributed by atoms with Gasteiger partial charge in [-0.1, -0.05) is 18.2 Å². The molecule has 1 saturated heterocycles. The maximum atomic E-state index is 13.1. The number of halogens is 3. The smallest absolute Gasteiger partial charge is 0.383 e. The van der Waals surface area contributed by atoms with E-state index in [-0.39, 0.29) is 18.7 Å². The molecule has 1 aromatic carbocycles. The lowest BCUT2D eigenvalue weighted by molar-refractivity contribution is -0.140. The van der Waals surface area contributed by atoms with Crippen molar-refractivity contribution in [3.8, 4) is 0 Å². The zero-order valence-corrected chi connectivity index (χ0v) is 12.0. The van der Waals surface area contributed by atoms with Gasteiger partial charge in [0.05, 0.1) is 18.7 Å². The summed E-state index contributed by atoms with van der Waals surface area (Å²) in [6, 6.07) is 3.98. The van der Waals surface area contributed by atoms with Crippen LogP contribution >= 0.6 is 0 Å². The number of imide groups is 1. The third kappa shape index (κ3) is 2.66. The Hall–Kier alpha value is -2.09. The summed E-state index contributed by atoms with van der Waals surface area (Å²) in [5, 5.41) is 2.35. The molecule has 0 bridgehead atoms. The summed E-state index contributed by atoms with van der Waals surface area (Å²) in [7, 11) is 1.40. The molecule has 1 atom stereocenters. The van der Waals surface area contributed by atoms with Crippen LogP contribution < -0.4 is 5.32 Å². The van der Waals surface area contributed by atoms with Gasteiger partial charge in [-0.25, -0.2) is 4.79 Å². The summed E-state index contributed by atoms with van der Waals surface area (Å²) < 4.78 is 44.2. The Morgan fingerprint density at radius 3 is 2.50 bits per heavy atom. The Morgan fingerprint density at radius 2 is 1.91 bits per heavy atom. The van der Waals surface area contributed by atoms with Crippen LogP contribution in [-0.2, 0) is 21.2 Å². The fourth-order valence-electron chi connectivity index (χ4n) is 2.43. The molecule has 0 saturated carbocycles. The molecule has 22 heavy (non-hydrogen) atoms. The normalized spacial score (nSPS) is 22.1. The number of amides is 3. The zero-order valence-electron chi connectivity index (χ0n) is 12.0. The van der Waals surface area contributed by atoms with Crippen LogP contribution in [0.4, 0.5) is 18.0 Å². The van der Waals surface area contributed by atoms with E-state index in [9.17, 15) is 22.8 Å². The highest BCUT2D eigenvalue weighted by atomic mass is 19.4. The van der Waals surface area contributed by atoms with E-state index in [0.717, 1.165) is 11.0 Å². The molecular formula is C14H15F3N2O3. The molecule has 0 unspecified atom stereocenters. The van der Waals surface area contributed by atoms with Gasteiger partial charge in [0, 0.05) is 7.11 Å². The van der Waals surface area contributed by atoms with Crippen LogP contribution in [0.1, 0.15) is 18.1 Å². The number of alkyl halides is 3. The molecule has 120 valence electrons. The molecule has 5 nitrogen and oxygen atoms in total. The first kappa shape index (κ1) is 16.3. The molecule has 1 aromatic rings. The van der Waals surface area contributed by atoms with Gasteiger partial charge in [0.1, 0.15) is 5.54 Å². The van der Waals surface area contributed by atoms with Gasteiger partial charge in [-0.2, -0.15) is 13.2 Å². The second kappa shape index (κ2) is 5.60. The Balaban J connectivity index is 2.45.